The van der Waals surface area contributed by atoms with Gasteiger partial charge in [-0.3, -0.25) is 0 Å². The van der Waals surface area contributed by atoms with Crippen LogP contribution in [0.1, 0.15) is 49.4 Å². The van der Waals surface area contributed by atoms with Crippen LogP contribution in [0.3, 0.4) is 0 Å². The molecule has 0 saturated heterocycles. The van der Waals surface area contributed by atoms with Crippen LogP contribution >= 0.6 is 0 Å². The third-order valence-electron chi connectivity index (χ3n) is 9.70. The highest BCUT2D eigenvalue weighted by Crippen LogP contribution is 2.43. The summed E-state index contributed by atoms with van der Waals surface area (Å²) in [7, 11) is 0. The lowest BCUT2D eigenvalue weighted by Gasteiger charge is -2.22. The summed E-state index contributed by atoms with van der Waals surface area (Å²) < 4.78 is 12.8. The van der Waals surface area contributed by atoms with Gasteiger partial charge in [0.1, 0.15) is 11.2 Å². The Morgan fingerprint density at radius 3 is 1.92 bits per heavy atom. The highest BCUT2D eigenvalue weighted by molar-refractivity contribution is 6.12. The third-order valence-corrected chi connectivity index (χ3v) is 9.70. The zero-order valence-corrected chi connectivity index (χ0v) is 28.3. The van der Waals surface area contributed by atoms with E-state index < -0.39 is 0 Å². The fourth-order valence-electron chi connectivity index (χ4n) is 7.82. The first-order chi connectivity index (χ1) is 23.2. The number of allylic oxidation sites excluding steroid dienone is 4. The van der Waals surface area contributed by atoms with Crippen molar-refractivity contribution in [3.8, 4) is 45.2 Å². The molecule has 4 nitrogen and oxygen atoms in total. The van der Waals surface area contributed by atoms with Crippen molar-refractivity contribution >= 4 is 27.5 Å². The Morgan fingerprint density at radius 1 is 0.604 bits per heavy atom. The maximum atomic E-state index is 6.72. The molecule has 2 heterocycles. The summed E-state index contributed by atoms with van der Waals surface area (Å²) in [6.45, 7) is 13.4. The molecule has 8 rings (SSSR count). The lowest BCUT2D eigenvalue weighted by atomic mass is 9.83. The summed E-state index contributed by atoms with van der Waals surface area (Å²) in [5.74, 6) is 1.57. The number of furan rings is 1. The van der Waals surface area contributed by atoms with Crippen molar-refractivity contribution in [3.05, 3.63) is 137 Å². The Bertz CT molecular complexity index is 2400. The van der Waals surface area contributed by atoms with Crippen molar-refractivity contribution in [1.29, 1.82) is 0 Å². The van der Waals surface area contributed by atoms with E-state index in [-0.39, 0.29) is 0 Å². The number of fused-ring (bicyclic) bond motifs is 3. The smallest absolute Gasteiger partial charge is 0.248 e. The molecule has 1 atom stereocenters. The Balaban J connectivity index is 1.29. The zero-order valence-electron chi connectivity index (χ0n) is 28.3. The van der Waals surface area contributed by atoms with E-state index in [0.29, 0.717) is 17.7 Å². The maximum absolute atomic E-state index is 6.72. The van der Waals surface area contributed by atoms with Crippen LogP contribution in [0.2, 0.25) is 0 Å². The van der Waals surface area contributed by atoms with Gasteiger partial charge in [0, 0.05) is 27.5 Å². The molecule has 2 aromatic heterocycles. The molecule has 7 aromatic rings. The van der Waals surface area contributed by atoms with Crippen molar-refractivity contribution in [3.63, 3.8) is 0 Å². The SMILES string of the molecule is CC1=CC(C)CC(C)=C1c1ccc2oc3c(-c4ccc(-c5nnc(-c6ccccc6)o5)cc4)cc(-c4c(C)cc(C)cc4C)cc3c2c1. The van der Waals surface area contributed by atoms with E-state index in [4.69, 9.17) is 8.83 Å². The van der Waals surface area contributed by atoms with E-state index in [2.05, 4.69) is 112 Å². The molecule has 48 heavy (non-hydrogen) atoms. The minimum Gasteiger partial charge on any atom is -0.455 e. The number of nitrogens with zero attached hydrogens (tertiary/aromatic N) is 2. The van der Waals surface area contributed by atoms with Crippen molar-refractivity contribution in [2.45, 2.75) is 48.0 Å². The molecule has 1 aliphatic rings. The van der Waals surface area contributed by atoms with Gasteiger partial charge in [-0.2, -0.15) is 0 Å². The van der Waals surface area contributed by atoms with Crippen LogP contribution < -0.4 is 0 Å². The molecule has 0 spiro atoms. The molecule has 1 aliphatic carbocycles. The fraction of sp³-hybridized carbons (Fsp3) is 0.182. The lowest BCUT2D eigenvalue weighted by Crippen LogP contribution is -2.03. The molecule has 0 amide bonds. The first kappa shape index (κ1) is 29.9. The molecule has 5 aromatic carbocycles. The van der Waals surface area contributed by atoms with Gasteiger partial charge in [-0.25, -0.2) is 0 Å². The largest absolute Gasteiger partial charge is 0.455 e. The van der Waals surface area contributed by atoms with Crippen molar-refractivity contribution in [2.75, 3.05) is 0 Å². The van der Waals surface area contributed by atoms with E-state index >= 15 is 0 Å². The first-order valence-electron chi connectivity index (χ1n) is 16.7. The summed E-state index contributed by atoms with van der Waals surface area (Å²) in [6, 6.07) is 34.0. The fourth-order valence-corrected chi connectivity index (χ4v) is 7.82. The first-order valence-corrected chi connectivity index (χ1v) is 16.7. The van der Waals surface area contributed by atoms with Crippen molar-refractivity contribution < 1.29 is 8.83 Å². The minimum absolute atomic E-state index is 0.493. The number of aromatic nitrogens is 2. The van der Waals surface area contributed by atoms with Crippen LogP contribution in [0.15, 0.2) is 123 Å². The predicted octanol–water partition coefficient (Wildman–Crippen LogP) is 12.3. The van der Waals surface area contributed by atoms with Crippen LogP contribution in [0.5, 0.6) is 0 Å². The van der Waals surface area contributed by atoms with E-state index in [9.17, 15) is 0 Å². The van der Waals surface area contributed by atoms with Crippen LogP contribution in [-0.4, -0.2) is 10.2 Å². The van der Waals surface area contributed by atoms with Crippen molar-refractivity contribution in [1.82, 2.24) is 10.2 Å². The number of hydrogen-bond donors (Lipinski definition) is 0. The van der Waals surface area contributed by atoms with Gasteiger partial charge >= 0.3 is 0 Å². The van der Waals surface area contributed by atoms with Gasteiger partial charge in [-0.05, 0) is 140 Å². The lowest BCUT2D eigenvalue weighted by molar-refractivity contribution is 0.584. The van der Waals surface area contributed by atoms with Crippen LogP contribution in [0.4, 0.5) is 0 Å². The molecule has 0 bridgehead atoms. The second kappa shape index (κ2) is 11.6. The average Bonchev–Trinajstić information content (AvgIpc) is 3.70. The average molecular weight is 627 g/mol. The Kier molecular flexibility index (Phi) is 7.25. The molecular weight excluding hydrogens is 588 g/mol. The van der Waals surface area contributed by atoms with Gasteiger partial charge in [0.25, 0.3) is 0 Å². The van der Waals surface area contributed by atoms with Crippen LogP contribution in [-0.2, 0) is 0 Å². The summed E-state index contributed by atoms with van der Waals surface area (Å²) >= 11 is 0. The number of benzene rings is 5. The maximum Gasteiger partial charge on any atom is 0.248 e. The van der Waals surface area contributed by atoms with Gasteiger partial charge in [0.05, 0.1) is 0 Å². The standard InChI is InChI=1S/C44H38N2O2/c1-25-18-27(3)40(28(4)19-25)34-16-17-39-37(22-34)38-24-35(41-29(5)20-26(2)21-30(41)6)23-36(42(38)47-39)31-12-14-33(15-13-31)44-46-45-43(48-44)32-10-8-7-9-11-32/h7-18,20-25H,19H2,1-6H3. The highest BCUT2D eigenvalue weighted by Gasteiger charge is 2.21. The predicted molar refractivity (Wildman–Crippen MR) is 198 cm³/mol. The summed E-state index contributed by atoms with van der Waals surface area (Å²) in [5.41, 5.74) is 17.3. The molecule has 1 unspecified atom stereocenters. The Hall–Kier alpha value is -5.48. The summed E-state index contributed by atoms with van der Waals surface area (Å²) in [6.07, 6.45) is 3.49. The minimum atomic E-state index is 0.493. The van der Waals surface area contributed by atoms with Crippen LogP contribution in [0.25, 0.3) is 72.7 Å². The molecule has 0 radical (unpaired) electrons. The van der Waals surface area contributed by atoms with Gasteiger partial charge in [0.2, 0.25) is 11.8 Å². The van der Waals surface area contributed by atoms with E-state index in [1.165, 1.54) is 50.1 Å². The van der Waals surface area contributed by atoms with Gasteiger partial charge < -0.3 is 8.83 Å². The van der Waals surface area contributed by atoms with E-state index in [0.717, 1.165) is 50.6 Å². The Morgan fingerprint density at radius 2 is 1.23 bits per heavy atom. The third kappa shape index (κ3) is 5.18. The molecule has 4 heteroatoms. The number of hydrogen-bond acceptors (Lipinski definition) is 4. The van der Waals surface area contributed by atoms with E-state index in [1.807, 2.05) is 42.5 Å². The molecule has 0 aliphatic heterocycles. The highest BCUT2D eigenvalue weighted by atomic mass is 16.4. The normalized spacial score (nSPS) is 15.0. The molecule has 0 N–H and O–H groups in total. The quantitative estimate of drug-likeness (QED) is 0.191. The molecule has 236 valence electrons. The summed E-state index contributed by atoms with van der Waals surface area (Å²) in [5, 5.41) is 10.9. The van der Waals surface area contributed by atoms with E-state index in [1.54, 1.807) is 0 Å². The second-order valence-corrected chi connectivity index (χ2v) is 13.5. The monoisotopic (exact) mass is 626 g/mol. The van der Waals surface area contributed by atoms with Crippen LogP contribution in [0, 0.1) is 26.7 Å². The Labute approximate surface area is 281 Å². The second-order valence-electron chi connectivity index (χ2n) is 13.5. The molecule has 0 fully saturated rings. The van der Waals surface area contributed by atoms with Gasteiger partial charge in [-0.1, -0.05) is 72.7 Å². The zero-order chi connectivity index (χ0) is 33.1. The van der Waals surface area contributed by atoms with Gasteiger partial charge in [-0.15, -0.1) is 10.2 Å². The molecule has 0 saturated carbocycles. The van der Waals surface area contributed by atoms with Gasteiger partial charge in [0.15, 0.2) is 0 Å². The topological polar surface area (TPSA) is 52.1 Å². The number of aryl methyl sites for hydroxylation is 3. The molecular formula is C44H38N2O2. The van der Waals surface area contributed by atoms with Crippen molar-refractivity contribution in [2.24, 2.45) is 5.92 Å². The summed E-state index contributed by atoms with van der Waals surface area (Å²) in [4.78, 5) is 0. The number of rotatable bonds is 5.